The van der Waals surface area contributed by atoms with Crippen LogP contribution in [0.15, 0.2) is 24.3 Å². The molecule has 19 heavy (non-hydrogen) atoms. The van der Waals surface area contributed by atoms with Crippen molar-refractivity contribution >= 4 is 0 Å². The van der Waals surface area contributed by atoms with Gasteiger partial charge in [-0.3, -0.25) is 0 Å². The number of nitrogens with zero attached hydrogens (tertiary/aromatic N) is 1. The SMILES string of the molecule is CCc1ccc(CCN(C)CC(CO)C(C)C)cc1. The quantitative estimate of drug-likeness (QED) is 0.779. The van der Waals surface area contributed by atoms with Crippen LogP contribution in [0.1, 0.15) is 31.9 Å². The summed E-state index contributed by atoms with van der Waals surface area (Å²) in [6.07, 6.45) is 2.18. The maximum Gasteiger partial charge on any atom is 0.0473 e. The lowest BCUT2D eigenvalue weighted by Gasteiger charge is -2.25. The minimum absolute atomic E-state index is 0.285. The average molecular weight is 263 g/mol. The van der Waals surface area contributed by atoms with Crippen LogP contribution in [0.5, 0.6) is 0 Å². The molecule has 0 aliphatic heterocycles. The average Bonchev–Trinajstić information content (AvgIpc) is 2.42. The maximum absolute atomic E-state index is 9.36. The number of aryl methyl sites for hydroxylation is 1. The summed E-state index contributed by atoms with van der Waals surface area (Å²) in [6.45, 7) is 8.85. The molecule has 1 unspecified atom stereocenters. The molecule has 0 fully saturated rings. The van der Waals surface area contributed by atoms with E-state index < -0.39 is 0 Å². The molecule has 1 rings (SSSR count). The van der Waals surface area contributed by atoms with Crippen LogP contribution in [-0.2, 0) is 12.8 Å². The molecular weight excluding hydrogens is 234 g/mol. The van der Waals surface area contributed by atoms with Crippen molar-refractivity contribution in [3.8, 4) is 0 Å². The largest absolute Gasteiger partial charge is 0.396 e. The Balaban J connectivity index is 2.38. The molecule has 1 aromatic rings. The van der Waals surface area contributed by atoms with Gasteiger partial charge in [0.25, 0.3) is 0 Å². The van der Waals surface area contributed by atoms with Crippen molar-refractivity contribution in [3.05, 3.63) is 35.4 Å². The van der Waals surface area contributed by atoms with Crippen molar-refractivity contribution in [2.24, 2.45) is 11.8 Å². The molecule has 0 amide bonds. The van der Waals surface area contributed by atoms with Crippen molar-refractivity contribution in [2.75, 3.05) is 26.7 Å². The Morgan fingerprint density at radius 3 is 2.16 bits per heavy atom. The van der Waals surface area contributed by atoms with E-state index in [1.54, 1.807) is 0 Å². The Morgan fingerprint density at radius 1 is 1.11 bits per heavy atom. The molecule has 0 spiro atoms. The van der Waals surface area contributed by atoms with Gasteiger partial charge in [-0.15, -0.1) is 0 Å². The van der Waals surface area contributed by atoms with Crippen LogP contribution in [0.25, 0.3) is 0 Å². The Kier molecular flexibility index (Phi) is 7.11. The molecule has 0 aromatic heterocycles. The third kappa shape index (κ3) is 5.75. The van der Waals surface area contributed by atoms with E-state index in [1.165, 1.54) is 11.1 Å². The highest BCUT2D eigenvalue weighted by molar-refractivity contribution is 5.22. The van der Waals surface area contributed by atoms with Gasteiger partial charge in [0.2, 0.25) is 0 Å². The number of likely N-dealkylation sites (N-methyl/N-ethyl adjacent to an activating group) is 1. The second-order valence-corrected chi connectivity index (χ2v) is 5.87. The standard InChI is InChI=1S/C17H29NO/c1-5-15-6-8-16(9-7-15)10-11-18(4)12-17(13-19)14(2)3/h6-9,14,17,19H,5,10-13H2,1-4H3. The van der Waals surface area contributed by atoms with Gasteiger partial charge < -0.3 is 10.0 Å². The molecule has 0 heterocycles. The Morgan fingerprint density at radius 2 is 1.68 bits per heavy atom. The predicted octanol–water partition coefficient (Wildman–Crippen LogP) is 2.99. The molecule has 108 valence electrons. The van der Waals surface area contributed by atoms with Crippen LogP contribution < -0.4 is 0 Å². The van der Waals surface area contributed by atoms with Crippen LogP contribution in [-0.4, -0.2) is 36.8 Å². The van der Waals surface area contributed by atoms with Crippen LogP contribution in [0.3, 0.4) is 0 Å². The van der Waals surface area contributed by atoms with E-state index in [4.69, 9.17) is 0 Å². The molecule has 0 aliphatic carbocycles. The Hall–Kier alpha value is -0.860. The third-order valence-corrected chi connectivity index (χ3v) is 3.94. The summed E-state index contributed by atoms with van der Waals surface area (Å²) < 4.78 is 0. The van der Waals surface area contributed by atoms with Gasteiger partial charge in [0.15, 0.2) is 0 Å². The van der Waals surface area contributed by atoms with Crippen molar-refractivity contribution in [1.29, 1.82) is 0 Å². The fourth-order valence-electron chi connectivity index (χ4n) is 2.23. The zero-order valence-electron chi connectivity index (χ0n) is 12.9. The maximum atomic E-state index is 9.36. The van der Waals surface area contributed by atoms with Crippen LogP contribution in [0.2, 0.25) is 0 Å². The third-order valence-electron chi connectivity index (χ3n) is 3.94. The van der Waals surface area contributed by atoms with E-state index in [0.717, 1.165) is 25.9 Å². The van der Waals surface area contributed by atoms with Gasteiger partial charge in [0, 0.05) is 19.7 Å². The zero-order valence-corrected chi connectivity index (χ0v) is 12.9. The number of hydrogen-bond acceptors (Lipinski definition) is 2. The molecule has 0 bridgehead atoms. The number of benzene rings is 1. The lowest BCUT2D eigenvalue weighted by molar-refractivity contribution is 0.147. The Labute approximate surface area is 118 Å². The molecule has 0 aliphatic rings. The van der Waals surface area contributed by atoms with E-state index in [-0.39, 0.29) is 6.61 Å². The van der Waals surface area contributed by atoms with Crippen LogP contribution in [0.4, 0.5) is 0 Å². The molecule has 1 atom stereocenters. The van der Waals surface area contributed by atoms with Crippen molar-refractivity contribution in [1.82, 2.24) is 4.90 Å². The fourth-order valence-corrected chi connectivity index (χ4v) is 2.23. The summed E-state index contributed by atoms with van der Waals surface area (Å²) in [5, 5.41) is 9.36. The van der Waals surface area contributed by atoms with E-state index in [2.05, 4.69) is 57.0 Å². The fraction of sp³-hybridized carbons (Fsp3) is 0.647. The summed E-state index contributed by atoms with van der Waals surface area (Å²) >= 11 is 0. The van der Waals surface area contributed by atoms with Crippen molar-refractivity contribution in [2.45, 2.75) is 33.6 Å². The summed E-state index contributed by atoms with van der Waals surface area (Å²) in [7, 11) is 2.14. The highest BCUT2D eigenvalue weighted by Gasteiger charge is 2.14. The van der Waals surface area contributed by atoms with E-state index >= 15 is 0 Å². The molecule has 1 N–H and O–H groups in total. The summed E-state index contributed by atoms with van der Waals surface area (Å²) in [5.41, 5.74) is 2.80. The van der Waals surface area contributed by atoms with Crippen molar-refractivity contribution < 1.29 is 5.11 Å². The van der Waals surface area contributed by atoms with Gasteiger partial charge in [-0.1, -0.05) is 45.0 Å². The van der Waals surface area contributed by atoms with Gasteiger partial charge in [-0.2, -0.15) is 0 Å². The lowest BCUT2D eigenvalue weighted by atomic mass is 9.96. The minimum atomic E-state index is 0.285. The topological polar surface area (TPSA) is 23.5 Å². The Bertz CT molecular complexity index is 345. The van der Waals surface area contributed by atoms with Gasteiger partial charge in [-0.25, -0.2) is 0 Å². The van der Waals surface area contributed by atoms with Crippen LogP contribution >= 0.6 is 0 Å². The summed E-state index contributed by atoms with van der Waals surface area (Å²) in [6, 6.07) is 8.91. The first-order valence-corrected chi connectivity index (χ1v) is 7.44. The number of aliphatic hydroxyl groups excluding tert-OH is 1. The highest BCUT2D eigenvalue weighted by Crippen LogP contribution is 2.12. The van der Waals surface area contributed by atoms with E-state index in [0.29, 0.717) is 11.8 Å². The molecule has 2 nitrogen and oxygen atoms in total. The van der Waals surface area contributed by atoms with E-state index in [9.17, 15) is 5.11 Å². The second kappa shape index (κ2) is 8.34. The smallest absolute Gasteiger partial charge is 0.0473 e. The van der Waals surface area contributed by atoms with Gasteiger partial charge in [-0.05, 0) is 42.9 Å². The first-order chi connectivity index (χ1) is 9.06. The lowest BCUT2D eigenvalue weighted by Crippen LogP contribution is -2.32. The monoisotopic (exact) mass is 263 g/mol. The van der Waals surface area contributed by atoms with E-state index in [1.807, 2.05) is 0 Å². The van der Waals surface area contributed by atoms with Gasteiger partial charge in [0.1, 0.15) is 0 Å². The first-order valence-electron chi connectivity index (χ1n) is 7.44. The van der Waals surface area contributed by atoms with Gasteiger partial charge in [0.05, 0.1) is 0 Å². The van der Waals surface area contributed by atoms with Gasteiger partial charge >= 0.3 is 0 Å². The highest BCUT2D eigenvalue weighted by atomic mass is 16.3. The van der Waals surface area contributed by atoms with Crippen molar-refractivity contribution in [3.63, 3.8) is 0 Å². The number of aliphatic hydroxyl groups is 1. The molecular formula is C17H29NO. The number of hydrogen-bond donors (Lipinski definition) is 1. The predicted molar refractivity (Wildman–Crippen MR) is 82.4 cm³/mol. The van der Waals surface area contributed by atoms with Crippen LogP contribution in [0, 0.1) is 11.8 Å². The second-order valence-electron chi connectivity index (χ2n) is 5.87. The molecule has 0 saturated carbocycles. The molecule has 0 radical (unpaired) electrons. The summed E-state index contributed by atoms with van der Waals surface area (Å²) in [4.78, 5) is 2.33. The molecule has 1 aromatic carbocycles. The normalized spacial score (nSPS) is 13.2. The molecule has 0 saturated heterocycles. The first kappa shape index (κ1) is 16.2. The minimum Gasteiger partial charge on any atom is -0.396 e. The number of rotatable bonds is 8. The zero-order chi connectivity index (χ0) is 14.3. The summed E-state index contributed by atoms with van der Waals surface area (Å²) in [5.74, 6) is 0.920. The molecule has 2 heteroatoms.